The Hall–Kier alpha value is -0.810. The van der Waals surface area contributed by atoms with E-state index in [0.29, 0.717) is 11.8 Å². The number of aromatic nitrogens is 2. The Morgan fingerprint density at radius 2 is 1.79 bits per heavy atom. The summed E-state index contributed by atoms with van der Waals surface area (Å²) in [6.07, 6.45) is 3.62. The molecule has 0 aliphatic carbocycles. The van der Waals surface area contributed by atoms with Crippen molar-refractivity contribution < 1.29 is 0 Å². The maximum Gasteiger partial charge on any atom is 0.225 e. The van der Waals surface area contributed by atoms with Gasteiger partial charge in [0.25, 0.3) is 0 Å². The molecule has 1 unspecified atom stereocenters. The smallest absolute Gasteiger partial charge is 0.225 e. The number of hydrogen-bond donors (Lipinski definition) is 1. The van der Waals surface area contributed by atoms with Gasteiger partial charge in [0.2, 0.25) is 5.95 Å². The van der Waals surface area contributed by atoms with Gasteiger partial charge in [-0.1, -0.05) is 13.8 Å². The third-order valence-corrected chi connectivity index (χ3v) is 4.35. The zero-order valence-corrected chi connectivity index (χ0v) is 12.8. The van der Waals surface area contributed by atoms with Crippen molar-refractivity contribution in [1.82, 2.24) is 14.9 Å². The van der Waals surface area contributed by atoms with Crippen LogP contribution >= 0.6 is 12.6 Å². The van der Waals surface area contributed by atoms with Gasteiger partial charge in [0.05, 0.1) is 0 Å². The second-order valence-electron chi connectivity index (χ2n) is 5.52. The Bertz CT molecular complexity index is 363. The van der Waals surface area contributed by atoms with E-state index in [2.05, 4.69) is 46.2 Å². The average Bonchev–Trinajstić information content (AvgIpc) is 2.46. The lowest BCUT2D eigenvalue weighted by Gasteiger charge is -2.37. The van der Waals surface area contributed by atoms with Crippen LogP contribution in [-0.2, 0) is 0 Å². The fourth-order valence-electron chi connectivity index (χ4n) is 2.40. The molecule has 0 spiro atoms. The zero-order chi connectivity index (χ0) is 13.7. The van der Waals surface area contributed by atoms with Gasteiger partial charge in [-0.2, -0.15) is 12.6 Å². The normalized spacial score (nSPS) is 18.8. The Kier molecular flexibility index (Phi) is 5.45. The Morgan fingerprint density at radius 1 is 1.16 bits per heavy atom. The van der Waals surface area contributed by atoms with E-state index in [1.54, 1.807) is 0 Å². The van der Waals surface area contributed by atoms with Crippen LogP contribution in [0.2, 0.25) is 0 Å². The van der Waals surface area contributed by atoms with Crippen LogP contribution < -0.4 is 4.90 Å². The zero-order valence-electron chi connectivity index (χ0n) is 11.9. The predicted octanol–water partition coefficient (Wildman–Crippen LogP) is 1.80. The summed E-state index contributed by atoms with van der Waals surface area (Å²) in [6.45, 7) is 9.95. The number of anilines is 1. The molecule has 1 aromatic rings. The summed E-state index contributed by atoms with van der Waals surface area (Å²) in [7, 11) is 0. The van der Waals surface area contributed by atoms with Crippen molar-refractivity contribution in [3.05, 3.63) is 18.5 Å². The molecule has 0 aromatic carbocycles. The van der Waals surface area contributed by atoms with Crippen molar-refractivity contribution in [2.24, 2.45) is 11.8 Å². The minimum absolute atomic E-state index is 0.683. The third kappa shape index (κ3) is 4.08. The first-order chi connectivity index (χ1) is 9.20. The molecule has 0 amide bonds. The molecule has 0 N–H and O–H groups in total. The molecule has 5 heteroatoms. The molecule has 0 bridgehead atoms. The van der Waals surface area contributed by atoms with Crippen molar-refractivity contribution in [2.75, 3.05) is 43.4 Å². The van der Waals surface area contributed by atoms with Gasteiger partial charge in [-0.15, -0.1) is 0 Å². The summed E-state index contributed by atoms with van der Waals surface area (Å²) < 4.78 is 0. The number of hydrogen-bond acceptors (Lipinski definition) is 5. The first-order valence-electron chi connectivity index (χ1n) is 7.06. The van der Waals surface area contributed by atoms with Crippen molar-refractivity contribution >= 4 is 18.6 Å². The molecule has 2 rings (SSSR count). The lowest BCUT2D eigenvalue weighted by molar-refractivity contribution is 0.203. The molecule has 1 aromatic heterocycles. The molecule has 1 fully saturated rings. The summed E-state index contributed by atoms with van der Waals surface area (Å²) in [4.78, 5) is 13.4. The topological polar surface area (TPSA) is 32.3 Å². The fourth-order valence-corrected chi connectivity index (χ4v) is 2.93. The molecule has 4 nitrogen and oxygen atoms in total. The number of rotatable bonds is 5. The molecular formula is C14H24N4S. The molecule has 2 heterocycles. The van der Waals surface area contributed by atoms with E-state index in [4.69, 9.17) is 0 Å². The summed E-state index contributed by atoms with van der Waals surface area (Å²) in [5.41, 5.74) is 0. The van der Waals surface area contributed by atoms with E-state index in [-0.39, 0.29) is 0 Å². The maximum atomic E-state index is 4.47. The number of piperazine rings is 1. The largest absolute Gasteiger partial charge is 0.338 e. The lowest BCUT2D eigenvalue weighted by Crippen LogP contribution is -2.48. The molecule has 19 heavy (non-hydrogen) atoms. The highest BCUT2D eigenvalue weighted by Gasteiger charge is 2.22. The first-order valence-corrected chi connectivity index (χ1v) is 7.69. The van der Waals surface area contributed by atoms with Crippen LogP contribution in [0.15, 0.2) is 18.5 Å². The summed E-state index contributed by atoms with van der Waals surface area (Å²) in [6, 6.07) is 1.86. The highest BCUT2D eigenvalue weighted by Crippen LogP contribution is 2.16. The Morgan fingerprint density at radius 3 is 2.32 bits per heavy atom. The second-order valence-corrected chi connectivity index (χ2v) is 5.89. The summed E-state index contributed by atoms with van der Waals surface area (Å²) in [5.74, 6) is 3.22. The maximum absolute atomic E-state index is 4.47. The molecule has 1 aliphatic rings. The van der Waals surface area contributed by atoms with Gasteiger partial charge in [-0.25, -0.2) is 9.97 Å². The van der Waals surface area contributed by atoms with E-state index in [1.165, 1.54) is 0 Å². The van der Waals surface area contributed by atoms with Gasteiger partial charge in [-0.05, 0) is 23.7 Å². The summed E-state index contributed by atoms with van der Waals surface area (Å²) in [5, 5.41) is 0. The molecular weight excluding hydrogens is 256 g/mol. The second kappa shape index (κ2) is 7.10. The van der Waals surface area contributed by atoms with Gasteiger partial charge in [0.1, 0.15) is 0 Å². The van der Waals surface area contributed by atoms with Crippen LogP contribution in [0.5, 0.6) is 0 Å². The Labute approximate surface area is 121 Å². The molecule has 0 saturated carbocycles. The van der Waals surface area contributed by atoms with Crippen LogP contribution in [0.4, 0.5) is 5.95 Å². The Balaban J connectivity index is 1.82. The average molecular weight is 280 g/mol. The quantitative estimate of drug-likeness (QED) is 0.834. The van der Waals surface area contributed by atoms with E-state index in [9.17, 15) is 0 Å². The third-order valence-electron chi connectivity index (χ3n) is 3.88. The van der Waals surface area contributed by atoms with Gasteiger partial charge < -0.3 is 4.90 Å². The van der Waals surface area contributed by atoms with Crippen molar-refractivity contribution in [2.45, 2.75) is 13.8 Å². The van der Waals surface area contributed by atoms with Crippen molar-refractivity contribution in [3.63, 3.8) is 0 Å². The van der Waals surface area contributed by atoms with Crippen LogP contribution in [0.25, 0.3) is 0 Å². The van der Waals surface area contributed by atoms with Crippen LogP contribution in [0, 0.1) is 11.8 Å². The number of thiol groups is 1. The van der Waals surface area contributed by atoms with Crippen LogP contribution in [0.1, 0.15) is 13.8 Å². The van der Waals surface area contributed by atoms with Gasteiger partial charge in [0, 0.05) is 45.1 Å². The highest BCUT2D eigenvalue weighted by atomic mass is 32.1. The van der Waals surface area contributed by atoms with Crippen molar-refractivity contribution in [3.8, 4) is 0 Å². The van der Waals surface area contributed by atoms with E-state index in [1.807, 2.05) is 18.5 Å². The van der Waals surface area contributed by atoms with Gasteiger partial charge >= 0.3 is 0 Å². The molecule has 1 atom stereocenters. The van der Waals surface area contributed by atoms with Crippen LogP contribution in [-0.4, -0.2) is 53.3 Å². The molecule has 0 radical (unpaired) electrons. The SMILES string of the molecule is CC(C)C(CS)CN1CCN(c2ncccn2)CC1. The fraction of sp³-hybridized carbons (Fsp3) is 0.714. The first kappa shape index (κ1) is 14.6. The number of nitrogens with zero attached hydrogens (tertiary/aromatic N) is 4. The summed E-state index contributed by atoms with van der Waals surface area (Å²) >= 11 is 4.47. The van der Waals surface area contributed by atoms with E-state index < -0.39 is 0 Å². The van der Waals surface area contributed by atoms with Gasteiger partial charge in [0.15, 0.2) is 0 Å². The monoisotopic (exact) mass is 280 g/mol. The lowest BCUT2D eigenvalue weighted by atomic mass is 9.97. The highest BCUT2D eigenvalue weighted by molar-refractivity contribution is 7.80. The van der Waals surface area contributed by atoms with Crippen LogP contribution in [0.3, 0.4) is 0 Å². The van der Waals surface area contributed by atoms with E-state index >= 15 is 0 Å². The molecule has 106 valence electrons. The predicted molar refractivity (Wildman–Crippen MR) is 82.9 cm³/mol. The van der Waals surface area contributed by atoms with E-state index in [0.717, 1.165) is 44.4 Å². The minimum atomic E-state index is 0.683. The molecule has 1 saturated heterocycles. The van der Waals surface area contributed by atoms with Gasteiger partial charge in [-0.3, -0.25) is 4.90 Å². The minimum Gasteiger partial charge on any atom is -0.338 e. The standard InChI is InChI=1S/C14H24N4S/c1-12(2)13(11-19)10-17-6-8-18(9-7-17)14-15-4-3-5-16-14/h3-5,12-13,19H,6-11H2,1-2H3. The molecule has 1 aliphatic heterocycles. The van der Waals surface area contributed by atoms with Crippen molar-refractivity contribution in [1.29, 1.82) is 0 Å².